The zero-order valence-corrected chi connectivity index (χ0v) is 9.36. The van der Waals surface area contributed by atoms with Crippen LogP contribution in [0.15, 0.2) is 0 Å². The van der Waals surface area contributed by atoms with Gasteiger partial charge in [-0.3, -0.25) is 4.79 Å². The molecule has 1 aliphatic carbocycles. The number of ether oxygens (including phenoxy) is 1. The van der Waals surface area contributed by atoms with E-state index in [-0.39, 0.29) is 24.2 Å². The molecule has 0 radical (unpaired) electrons. The van der Waals surface area contributed by atoms with Crippen molar-refractivity contribution in [2.24, 2.45) is 5.92 Å². The summed E-state index contributed by atoms with van der Waals surface area (Å²) in [5, 5.41) is 10.9. The average molecular weight is 224 g/mol. The van der Waals surface area contributed by atoms with Gasteiger partial charge >= 0.3 is 6.09 Å². The molecule has 0 aliphatic heterocycles. The van der Waals surface area contributed by atoms with E-state index in [9.17, 15) is 9.59 Å². The number of nitrogens with one attached hydrogen (secondary N) is 1. The van der Waals surface area contributed by atoms with Crippen molar-refractivity contribution < 1.29 is 14.3 Å². The molecule has 5 nitrogen and oxygen atoms in total. The van der Waals surface area contributed by atoms with Crippen LogP contribution in [0.3, 0.4) is 0 Å². The molecule has 1 rings (SSSR count). The minimum atomic E-state index is -0.418. The highest BCUT2D eigenvalue weighted by Gasteiger charge is 2.36. The lowest BCUT2D eigenvalue weighted by Gasteiger charge is -2.33. The van der Waals surface area contributed by atoms with Crippen LogP contribution in [0.5, 0.6) is 0 Å². The van der Waals surface area contributed by atoms with Gasteiger partial charge in [0.15, 0.2) is 0 Å². The highest BCUT2D eigenvalue weighted by Crippen LogP contribution is 2.31. The first kappa shape index (κ1) is 12.5. The standard InChI is InChI=1S/C11H16N2O3/c1-2-5-13-11(15)16-9-6-8(7-9)10(14)3-4-12/h8-9H,2-3,5-7H2,1H3,(H,13,15). The molecular formula is C11H16N2O3. The van der Waals surface area contributed by atoms with Crippen LogP contribution in [-0.2, 0) is 9.53 Å². The van der Waals surface area contributed by atoms with Crippen molar-refractivity contribution in [2.75, 3.05) is 6.54 Å². The first-order valence-corrected chi connectivity index (χ1v) is 5.51. The van der Waals surface area contributed by atoms with Gasteiger partial charge in [0.25, 0.3) is 0 Å². The van der Waals surface area contributed by atoms with E-state index in [2.05, 4.69) is 5.32 Å². The van der Waals surface area contributed by atoms with E-state index in [1.54, 1.807) is 0 Å². The number of alkyl carbamates (subject to hydrolysis) is 1. The quantitative estimate of drug-likeness (QED) is 0.765. The zero-order chi connectivity index (χ0) is 12.0. The Hall–Kier alpha value is -1.57. The Morgan fingerprint density at radius 1 is 1.50 bits per heavy atom. The van der Waals surface area contributed by atoms with Crippen LogP contribution < -0.4 is 5.32 Å². The maximum absolute atomic E-state index is 11.3. The number of rotatable bonds is 5. The molecule has 1 N–H and O–H groups in total. The third-order valence-corrected chi connectivity index (χ3v) is 2.60. The van der Waals surface area contributed by atoms with Crippen molar-refractivity contribution >= 4 is 11.9 Å². The van der Waals surface area contributed by atoms with Gasteiger partial charge in [0, 0.05) is 12.5 Å². The molecule has 0 unspecified atom stereocenters. The SMILES string of the molecule is CCCNC(=O)OC1CC(C(=O)CC#N)C1. The molecular weight excluding hydrogens is 208 g/mol. The van der Waals surface area contributed by atoms with E-state index in [0.29, 0.717) is 19.4 Å². The lowest BCUT2D eigenvalue weighted by atomic mass is 9.78. The van der Waals surface area contributed by atoms with Crippen molar-refractivity contribution in [3.8, 4) is 6.07 Å². The molecule has 0 saturated heterocycles. The molecule has 1 saturated carbocycles. The maximum Gasteiger partial charge on any atom is 0.407 e. The Balaban J connectivity index is 2.14. The highest BCUT2D eigenvalue weighted by atomic mass is 16.6. The molecule has 1 amide bonds. The van der Waals surface area contributed by atoms with Gasteiger partial charge in [-0.15, -0.1) is 0 Å². The Morgan fingerprint density at radius 2 is 2.19 bits per heavy atom. The Morgan fingerprint density at radius 3 is 2.75 bits per heavy atom. The van der Waals surface area contributed by atoms with Gasteiger partial charge in [-0.2, -0.15) is 5.26 Å². The molecule has 5 heteroatoms. The number of carbonyl (C=O) groups excluding carboxylic acids is 2. The second-order valence-electron chi connectivity index (χ2n) is 3.92. The smallest absolute Gasteiger partial charge is 0.407 e. The monoisotopic (exact) mass is 224 g/mol. The lowest BCUT2D eigenvalue weighted by Crippen LogP contribution is -2.40. The van der Waals surface area contributed by atoms with Gasteiger partial charge < -0.3 is 10.1 Å². The molecule has 0 spiro atoms. The van der Waals surface area contributed by atoms with Crippen molar-refractivity contribution in [3.05, 3.63) is 0 Å². The predicted octanol–water partition coefficient (Wildman–Crippen LogP) is 1.38. The second-order valence-corrected chi connectivity index (χ2v) is 3.92. The molecule has 0 aromatic carbocycles. The number of amides is 1. The summed E-state index contributed by atoms with van der Waals surface area (Å²) in [5.74, 6) is -0.139. The molecule has 0 aromatic heterocycles. The van der Waals surface area contributed by atoms with Gasteiger partial charge in [0.05, 0.1) is 12.5 Å². The van der Waals surface area contributed by atoms with Gasteiger partial charge in [-0.05, 0) is 19.3 Å². The van der Waals surface area contributed by atoms with Crippen LogP contribution in [0.1, 0.15) is 32.6 Å². The minimum absolute atomic E-state index is 0.0422. The molecule has 0 bridgehead atoms. The highest BCUT2D eigenvalue weighted by molar-refractivity contribution is 5.83. The third-order valence-electron chi connectivity index (χ3n) is 2.60. The van der Waals surface area contributed by atoms with E-state index >= 15 is 0 Å². The van der Waals surface area contributed by atoms with Crippen molar-refractivity contribution in [1.29, 1.82) is 5.26 Å². The molecule has 0 heterocycles. The number of hydrogen-bond donors (Lipinski definition) is 1. The van der Waals surface area contributed by atoms with E-state index < -0.39 is 6.09 Å². The molecule has 1 fully saturated rings. The summed E-state index contributed by atoms with van der Waals surface area (Å²) < 4.78 is 5.06. The summed E-state index contributed by atoms with van der Waals surface area (Å²) in [6.45, 7) is 2.56. The number of Topliss-reactive ketones (excluding diaryl/α,β-unsaturated/α-hetero) is 1. The van der Waals surface area contributed by atoms with Crippen LogP contribution in [0.2, 0.25) is 0 Å². The number of ketones is 1. The summed E-state index contributed by atoms with van der Waals surface area (Å²) >= 11 is 0. The van der Waals surface area contributed by atoms with Crippen LogP contribution in [0.25, 0.3) is 0 Å². The lowest BCUT2D eigenvalue weighted by molar-refractivity contribution is -0.128. The fraction of sp³-hybridized carbons (Fsp3) is 0.727. The van der Waals surface area contributed by atoms with Crippen molar-refractivity contribution in [1.82, 2.24) is 5.32 Å². The number of hydrogen-bond acceptors (Lipinski definition) is 4. The van der Waals surface area contributed by atoms with E-state index in [4.69, 9.17) is 10.00 Å². The molecule has 0 aromatic rings. The van der Waals surface area contributed by atoms with E-state index in [0.717, 1.165) is 6.42 Å². The zero-order valence-electron chi connectivity index (χ0n) is 9.36. The number of carbonyl (C=O) groups is 2. The summed E-state index contributed by atoms with van der Waals surface area (Å²) in [6.07, 6.45) is 1.35. The largest absolute Gasteiger partial charge is 0.446 e. The molecule has 88 valence electrons. The van der Waals surface area contributed by atoms with Crippen LogP contribution in [0, 0.1) is 17.2 Å². The topological polar surface area (TPSA) is 79.2 Å². The number of nitrogens with zero attached hydrogens (tertiary/aromatic N) is 1. The van der Waals surface area contributed by atoms with E-state index in [1.807, 2.05) is 13.0 Å². The Bertz CT molecular complexity index is 303. The average Bonchev–Trinajstić information content (AvgIpc) is 2.20. The normalized spacial score (nSPS) is 22.8. The Kier molecular flexibility index (Phi) is 4.77. The van der Waals surface area contributed by atoms with Crippen LogP contribution in [0.4, 0.5) is 4.79 Å². The van der Waals surface area contributed by atoms with Gasteiger partial charge in [-0.1, -0.05) is 6.92 Å². The van der Waals surface area contributed by atoms with Gasteiger partial charge in [-0.25, -0.2) is 4.79 Å². The first-order chi connectivity index (χ1) is 7.67. The summed E-state index contributed by atoms with van der Waals surface area (Å²) in [6, 6.07) is 1.83. The fourth-order valence-corrected chi connectivity index (χ4v) is 1.57. The molecule has 16 heavy (non-hydrogen) atoms. The van der Waals surface area contributed by atoms with Crippen molar-refractivity contribution in [3.63, 3.8) is 0 Å². The number of nitriles is 1. The fourth-order valence-electron chi connectivity index (χ4n) is 1.57. The van der Waals surface area contributed by atoms with Crippen molar-refractivity contribution in [2.45, 2.75) is 38.7 Å². The Labute approximate surface area is 94.8 Å². The molecule has 1 aliphatic rings. The molecule has 0 atom stereocenters. The van der Waals surface area contributed by atoms with Gasteiger partial charge in [0.2, 0.25) is 0 Å². The third kappa shape index (κ3) is 3.54. The minimum Gasteiger partial charge on any atom is -0.446 e. The summed E-state index contributed by atoms with van der Waals surface area (Å²) in [7, 11) is 0. The van der Waals surface area contributed by atoms with Crippen LogP contribution >= 0.6 is 0 Å². The van der Waals surface area contributed by atoms with Gasteiger partial charge in [0.1, 0.15) is 11.9 Å². The van der Waals surface area contributed by atoms with Crippen LogP contribution in [-0.4, -0.2) is 24.5 Å². The first-order valence-electron chi connectivity index (χ1n) is 5.51. The summed E-state index contributed by atoms with van der Waals surface area (Å²) in [4.78, 5) is 22.4. The summed E-state index contributed by atoms with van der Waals surface area (Å²) in [5.41, 5.74) is 0. The second kappa shape index (κ2) is 6.11. The predicted molar refractivity (Wildman–Crippen MR) is 56.5 cm³/mol. The maximum atomic E-state index is 11.3. The van der Waals surface area contributed by atoms with E-state index in [1.165, 1.54) is 0 Å².